The third kappa shape index (κ3) is 5.25. The molecule has 6 heteroatoms. The van der Waals surface area contributed by atoms with E-state index in [0.29, 0.717) is 12.0 Å². The van der Waals surface area contributed by atoms with Gasteiger partial charge in [0, 0.05) is 50.5 Å². The Morgan fingerprint density at radius 3 is 2.72 bits per heavy atom. The van der Waals surface area contributed by atoms with Gasteiger partial charge in [0.1, 0.15) is 5.82 Å². The Bertz CT molecular complexity index is 755. The number of hydrogen-bond acceptors (Lipinski definition) is 4. The number of H-pyrrole nitrogens is 1. The highest BCUT2D eigenvalue weighted by molar-refractivity contribution is 5.81. The molecule has 2 aliphatic rings. The zero-order valence-corrected chi connectivity index (χ0v) is 17.4. The zero-order valence-electron chi connectivity index (χ0n) is 17.4. The topological polar surface area (TPSA) is 64.3 Å². The number of benzene rings is 1. The van der Waals surface area contributed by atoms with Crippen LogP contribution in [0.15, 0.2) is 42.7 Å². The maximum absolute atomic E-state index is 12.9. The number of imidazole rings is 1. The zero-order chi connectivity index (χ0) is 20.1. The third-order valence-electron chi connectivity index (χ3n) is 6.47. The second-order valence-corrected chi connectivity index (χ2v) is 8.53. The maximum atomic E-state index is 12.9. The van der Waals surface area contributed by atoms with Gasteiger partial charge in [-0.05, 0) is 44.7 Å². The number of hydrogen-bond donors (Lipinski definition) is 2. The number of carbonyl (C=O) groups is 1. The molecule has 3 heterocycles. The van der Waals surface area contributed by atoms with Crippen molar-refractivity contribution < 1.29 is 4.79 Å². The Kier molecular flexibility index (Phi) is 6.62. The Balaban J connectivity index is 1.23. The molecule has 2 atom stereocenters. The summed E-state index contributed by atoms with van der Waals surface area (Å²) in [5.74, 6) is 1.62. The van der Waals surface area contributed by atoms with Gasteiger partial charge in [-0.2, -0.15) is 0 Å². The molecule has 0 radical (unpaired) electrons. The second-order valence-electron chi connectivity index (χ2n) is 8.53. The van der Waals surface area contributed by atoms with Gasteiger partial charge in [0.05, 0.1) is 6.04 Å². The lowest BCUT2D eigenvalue weighted by molar-refractivity contribution is -0.127. The molecule has 0 aliphatic carbocycles. The van der Waals surface area contributed by atoms with Crippen LogP contribution in [0.25, 0.3) is 0 Å². The molecule has 2 aliphatic heterocycles. The predicted octanol–water partition coefficient (Wildman–Crippen LogP) is 2.76. The van der Waals surface area contributed by atoms with Crippen molar-refractivity contribution in [3.05, 3.63) is 54.1 Å². The summed E-state index contributed by atoms with van der Waals surface area (Å²) in [7, 11) is 0. The van der Waals surface area contributed by atoms with E-state index < -0.39 is 0 Å². The van der Waals surface area contributed by atoms with Crippen molar-refractivity contribution in [3.63, 3.8) is 0 Å². The summed E-state index contributed by atoms with van der Waals surface area (Å²) in [6, 6.07) is 10.8. The molecule has 0 saturated carbocycles. The van der Waals surface area contributed by atoms with Crippen molar-refractivity contribution >= 4 is 5.91 Å². The minimum atomic E-state index is -0.0879. The monoisotopic (exact) mass is 395 g/mol. The molecule has 2 saturated heterocycles. The average Bonchev–Trinajstić information content (AvgIpc) is 3.30. The van der Waals surface area contributed by atoms with E-state index in [1.54, 1.807) is 0 Å². The molecule has 2 unspecified atom stereocenters. The van der Waals surface area contributed by atoms with Crippen molar-refractivity contribution in [1.82, 2.24) is 25.1 Å². The summed E-state index contributed by atoms with van der Waals surface area (Å²) >= 11 is 0. The van der Waals surface area contributed by atoms with Gasteiger partial charge in [0.2, 0.25) is 5.91 Å². The van der Waals surface area contributed by atoms with Gasteiger partial charge in [-0.15, -0.1) is 0 Å². The summed E-state index contributed by atoms with van der Waals surface area (Å²) in [5, 5.41) is 3.32. The smallest absolute Gasteiger partial charge is 0.237 e. The van der Waals surface area contributed by atoms with E-state index >= 15 is 0 Å². The van der Waals surface area contributed by atoms with E-state index in [4.69, 9.17) is 0 Å². The first kappa shape index (κ1) is 20.1. The summed E-state index contributed by atoms with van der Waals surface area (Å²) in [6.45, 7) is 7.01. The van der Waals surface area contributed by atoms with Crippen molar-refractivity contribution in [3.8, 4) is 0 Å². The van der Waals surface area contributed by atoms with E-state index in [0.717, 1.165) is 64.2 Å². The number of amides is 1. The number of aromatic amines is 1. The summed E-state index contributed by atoms with van der Waals surface area (Å²) < 4.78 is 0. The molecule has 156 valence electrons. The largest absolute Gasteiger partial charge is 0.352 e. The minimum Gasteiger partial charge on any atom is -0.352 e. The number of likely N-dealkylation sites (tertiary alicyclic amines) is 2. The fraction of sp³-hybridized carbons (Fsp3) is 0.565. The molecule has 1 aromatic carbocycles. The lowest BCUT2D eigenvalue weighted by atomic mass is 9.96. The van der Waals surface area contributed by atoms with Gasteiger partial charge in [0.15, 0.2) is 0 Å². The van der Waals surface area contributed by atoms with Crippen LogP contribution >= 0.6 is 0 Å². The van der Waals surface area contributed by atoms with Crippen molar-refractivity contribution in [2.45, 2.75) is 57.2 Å². The van der Waals surface area contributed by atoms with Crippen molar-refractivity contribution in [1.29, 1.82) is 0 Å². The molecule has 29 heavy (non-hydrogen) atoms. The van der Waals surface area contributed by atoms with Crippen molar-refractivity contribution in [2.24, 2.45) is 0 Å². The number of nitrogens with zero attached hydrogens (tertiary/aromatic N) is 3. The molecule has 4 rings (SSSR count). The highest BCUT2D eigenvalue weighted by atomic mass is 16.2. The van der Waals surface area contributed by atoms with E-state index in [1.165, 1.54) is 5.56 Å². The van der Waals surface area contributed by atoms with Crippen LogP contribution in [-0.4, -0.2) is 63.9 Å². The molecule has 2 aromatic rings. The Hall–Kier alpha value is -2.18. The van der Waals surface area contributed by atoms with Gasteiger partial charge in [-0.3, -0.25) is 14.6 Å². The fourth-order valence-corrected chi connectivity index (χ4v) is 4.65. The standard InChI is InChI=1S/C23H33N5O/c1-18(28-13-5-8-20(17-28)22-24-11-12-25-22)23(29)26-21-9-14-27(15-10-21)16-19-6-3-2-4-7-19/h2-4,6-7,11-12,18,20-21H,5,8-10,13-17H2,1H3,(H,24,25)(H,26,29). The summed E-state index contributed by atoms with van der Waals surface area (Å²) in [5.41, 5.74) is 1.36. The van der Waals surface area contributed by atoms with Crippen LogP contribution in [0.4, 0.5) is 0 Å². The molecule has 1 amide bonds. The molecular formula is C23H33N5O. The second kappa shape index (κ2) is 9.55. The number of carbonyl (C=O) groups excluding carboxylic acids is 1. The molecule has 2 N–H and O–H groups in total. The van der Waals surface area contributed by atoms with Gasteiger partial charge < -0.3 is 10.3 Å². The lowest BCUT2D eigenvalue weighted by Gasteiger charge is -2.37. The molecule has 6 nitrogen and oxygen atoms in total. The first-order valence-corrected chi connectivity index (χ1v) is 11.0. The van der Waals surface area contributed by atoms with Gasteiger partial charge in [-0.1, -0.05) is 30.3 Å². The van der Waals surface area contributed by atoms with Gasteiger partial charge >= 0.3 is 0 Å². The normalized spacial score (nSPS) is 23.0. The van der Waals surface area contributed by atoms with E-state index in [9.17, 15) is 4.79 Å². The van der Waals surface area contributed by atoms with Crippen LogP contribution < -0.4 is 5.32 Å². The number of aromatic nitrogens is 2. The number of piperidine rings is 2. The first-order chi connectivity index (χ1) is 14.2. The highest BCUT2D eigenvalue weighted by Crippen LogP contribution is 2.25. The van der Waals surface area contributed by atoms with Crippen LogP contribution in [0, 0.1) is 0 Å². The molecule has 2 fully saturated rings. The highest BCUT2D eigenvalue weighted by Gasteiger charge is 2.30. The van der Waals surface area contributed by atoms with E-state index in [2.05, 4.69) is 55.4 Å². The SMILES string of the molecule is CC(C(=O)NC1CCN(Cc2ccccc2)CC1)N1CCCC(c2ncc[nH]2)C1. The summed E-state index contributed by atoms with van der Waals surface area (Å²) in [4.78, 5) is 25.3. The van der Waals surface area contributed by atoms with E-state index in [1.807, 2.05) is 19.3 Å². The van der Waals surface area contributed by atoms with E-state index in [-0.39, 0.29) is 11.9 Å². The predicted molar refractivity (Wildman–Crippen MR) is 114 cm³/mol. The van der Waals surface area contributed by atoms with Crippen molar-refractivity contribution in [2.75, 3.05) is 26.2 Å². The van der Waals surface area contributed by atoms with Crippen LogP contribution in [0.2, 0.25) is 0 Å². The Labute approximate surface area is 173 Å². The molecular weight excluding hydrogens is 362 g/mol. The fourth-order valence-electron chi connectivity index (χ4n) is 4.65. The summed E-state index contributed by atoms with van der Waals surface area (Å²) in [6.07, 6.45) is 8.00. The number of rotatable bonds is 6. The van der Waals surface area contributed by atoms with Crippen LogP contribution in [-0.2, 0) is 11.3 Å². The molecule has 0 spiro atoms. The molecule has 0 bridgehead atoms. The quantitative estimate of drug-likeness (QED) is 0.789. The Morgan fingerprint density at radius 2 is 2.00 bits per heavy atom. The number of nitrogens with one attached hydrogen (secondary N) is 2. The van der Waals surface area contributed by atoms with Crippen LogP contribution in [0.3, 0.4) is 0 Å². The lowest BCUT2D eigenvalue weighted by Crippen LogP contribution is -2.52. The van der Waals surface area contributed by atoms with Gasteiger partial charge in [0.25, 0.3) is 0 Å². The third-order valence-corrected chi connectivity index (χ3v) is 6.47. The first-order valence-electron chi connectivity index (χ1n) is 11.0. The minimum absolute atomic E-state index is 0.0879. The van der Waals surface area contributed by atoms with Crippen LogP contribution in [0.5, 0.6) is 0 Å². The molecule has 1 aromatic heterocycles. The maximum Gasteiger partial charge on any atom is 0.237 e. The average molecular weight is 396 g/mol. The van der Waals surface area contributed by atoms with Crippen LogP contribution in [0.1, 0.15) is 49.9 Å². The Morgan fingerprint density at radius 1 is 1.21 bits per heavy atom. The van der Waals surface area contributed by atoms with Gasteiger partial charge in [-0.25, -0.2) is 4.98 Å².